The fourth-order valence-corrected chi connectivity index (χ4v) is 3.55. The van der Waals surface area contributed by atoms with Gasteiger partial charge in [-0.15, -0.1) is 0 Å². The molecule has 0 aromatic heterocycles. The molecular weight excluding hydrogens is 267 g/mol. The Morgan fingerprint density at radius 2 is 1.94 bits per heavy atom. The van der Waals surface area contributed by atoms with Gasteiger partial charge in [0.25, 0.3) is 0 Å². The molecule has 1 aromatic carbocycles. The predicted octanol–water partition coefficient (Wildman–Crippen LogP) is 4.47. The average molecular weight is 287 g/mol. The van der Waals surface area contributed by atoms with Crippen molar-refractivity contribution in [3.05, 3.63) is 33.8 Å². The topological polar surface area (TPSA) is 38.0 Å². The lowest BCUT2D eigenvalue weighted by Gasteiger charge is -2.37. The molecule has 2 rings (SSSR count). The van der Waals surface area contributed by atoms with E-state index in [0.29, 0.717) is 10.0 Å². The first-order valence-electron chi connectivity index (χ1n) is 6.54. The number of hydrogen-bond acceptors (Lipinski definition) is 2. The van der Waals surface area contributed by atoms with E-state index in [-0.39, 0.29) is 11.5 Å². The van der Waals surface area contributed by atoms with Gasteiger partial charge in [0.2, 0.25) is 0 Å². The summed E-state index contributed by atoms with van der Waals surface area (Å²) >= 11 is 12.1. The van der Waals surface area contributed by atoms with Gasteiger partial charge < -0.3 is 0 Å². The highest BCUT2D eigenvalue weighted by molar-refractivity contribution is 6.42. The van der Waals surface area contributed by atoms with Gasteiger partial charge >= 0.3 is 0 Å². The van der Waals surface area contributed by atoms with Crippen LogP contribution < -0.4 is 11.3 Å². The summed E-state index contributed by atoms with van der Waals surface area (Å²) in [5.74, 6) is 5.81. The van der Waals surface area contributed by atoms with Crippen LogP contribution in [0.5, 0.6) is 0 Å². The molecule has 0 spiro atoms. The third-order valence-corrected chi connectivity index (χ3v) is 5.10. The zero-order chi connectivity index (χ0) is 13.2. The Balaban J connectivity index is 2.34. The van der Waals surface area contributed by atoms with Gasteiger partial charge in [-0.05, 0) is 42.4 Å². The van der Waals surface area contributed by atoms with Crippen molar-refractivity contribution in [2.75, 3.05) is 0 Å². The highest BCUT2D eigenvalue weighted by atomic mass is 35.5. The maximum Gasteiger partial charge on any atom is 0.0595 e. The van der Waals surface area contributed by atoms with Crippen LogP contribution >= 0.6 is 23.2 Å². The molecule has 0 heterocycles. The van der Waals surface area contributed by atoms with Crippen molar-refractivity contribution in [1.29, 1.82) is 0 Å². The van der Waals surface area contributed by atoms with Gasteiger partial charge in [0.1, 0.15) is 0 Å². The molecule has 2 nitrogen and oxygen atoms in total. The minimum Gasteiger partial charge on any atom is -0.271 e. The molecule has 0 bridgehead atoms. The first-order valence-corrected chi connectivity index (χ1v) is 7.29. The molecule has 0 radical (unpaired) electrons. The molecule has 1 saturated carbocycles. The quantitative estimate of drug-likeness (QED) is 0.633. The van der Waals surface area contributed by atoms with Gasteiger partial charge in [0, 0.05) is 0 Å². The van der Waals surface area contributed by atoms with Crippen molar-refractivity contribution in [3.63, 3.8) is 0 Å². The number of nitrogens with one attached hydrogen (secondary N) is 1. The van der Waals surface area contributed by atoms with Crippen molar-refractivity contribution in [2.45, 2.75) is 45.1 Å². The minimum atomic E-state index is 0.153. The molecule has 0 aliphatic heterocycles. The summed E-state index contributed by atoms with van der Waals surface area (Å²) in [6, 6.07) is 5.96. The van der Waals surface area contributed by atoms with E-state index in [1.165, 1.54) is 25.7 Å². The Morgan fingerprint density at radius 3 is 2.44 bits per heavy atom. The molecule has 0 saturated heterocycles. The molecule has 3 N–H and O–H groups in total. The molecule has 1 aliphatic rings. The summed E-state index contributed by atoms with van der Waals surface area (Å²) in [4.78, 5) is 0. The van der Waals surface area contributed by atoms with Crippen LogP contribution in [-0.2, 0) is 0 Å². The van der Waals surface area contributed by atoms with Crippen LogP contribution in [-0.4, -0.2) is 0 Å². The van der Waals surface area contributed by atoms with E-state index in [9.17, 15) is 0 Å². The van der Waals surface area contributed by atoms with Gasteiger partial charge in [-0.2, -0.15) is 0 Å². The molecular formula is C14H20Cl2N2. The SMILES string of the molecule is CCC1(C(NN)c2ccc(Cl)c(Cl)c2)CCCC1. The molecule has 1 aliphatic carbocycles. The third-order valence-electron chi connectivity index (χ3n) is 4.36. The molecule has 1 aromatic rings. The van der Waals surface area contributed by atoms with E-state index in [2.05, 4.69) is 12.3 Å². The largest absolute Gasteiger partial charge is 0.271 e. The maximum atomic E-state index is 6.11. The van der Waals surface area contributed by atoms with Crippen LogP contribution in [0.4, 0.5) is 0 Å². The summed E-state index contributed by atoms with van der Waals surface area (Å²) in [7, 11) is 0. The van der Waals surface area contributed by atoms with Crippen LogP contribution in [0.25, 0.3) is 0 Å². The smallest absolute Gasteiger partial charge is 0.0595 e. The molecule has 18 heavy (non-hydrogen) atoms. The molecule has 1 fully saturated rings. The van der Waals surface area contributed by atoms with E-state index in [0.717, 1.165) is 12.0 Å². The zero-order valence-electron chi connectivity index (χ0n) is 10.7. The van der Waals surface area contributed by atoms with Gasteiger partial charge in [0.15, 0.2) is 0 Å². The zero-order valence-corrected chi connectivity index (χ0v) is 12.2. The highest BCUT2D eigenvalue weighted by Crippen LogP contribution is 2.50. The molecule has 0 amide bonds. The van der Waals surface area contributed by atoms with E-state index >= 15 is 0 Å². The molecule has 100 valence electrons. The number of benzene rings is 1. The third kappa shape index (κ3) is 2.53. The van der Waals surface area contributed by atoms with Crippen molar-refractivity contribution < 1.29 is 0 Å². The van der Waals surface area contributed by atoms with Crippen LogP contribution in [0.1, 0.15) is 50.6 Å². The van der Waals surface area contributed by atoms with Gasteiger partial charge in [-0.1, -0.05) is 49.0 Å². The lowest BCUT2D eigenvalue weighted by atomic mass is 9.74. The number of halogens is 2. The van der Waals surface area contributed by atoms with Crippen LogP contribution in [0.2, 0.25) is 10.0 Å². The summed E-state index contributed by atoms with van der Waals surface area (Å²) < 4.78 is 0. The minimum absolute atomic E-state index is 0.153. The van der Waals surface area contributed by atoms with E-state index in [1.807, 2.05) is 18.2 Å². The maximum absolute atomic E-state index is 6.11. The number of nitrogens with two attached hydrogens (primary N) is 1. The second kappa shape index (κ2) is 5.79. The Labute approximate surface area is 119 Å². The highest BCUT2D eigenvalue weighted by Gasteiger charge is 2.40. The fourth-order valence-electron chi connectivity index (χ4n) is 3.24. The van der Waals surface area contributed by atoms with Gasteiger partial charge in [-0.3, -0.25) is 11.3 Å². The Hall–Kier alpha value is -0.280. The Morgan fingerprint density at radius 1 is 1.28 bits per heavy atom. The van der Waals surface area contributed by atoms with E-state index < -0.39 is 0 Å². The molecule has 1 atom stereocenters. The van der Waals surface area contributed by atoms with Crippen LogP contribution in [0.15, 0.2) is 18.2 Å². The first kappa shape index (κ1) is 14.1. The Kier molecular flexibility index (Phi) is 4.54. The van der Waals surface area contributed by atoms with Gasteiger partial charge in [-0.25, -0.2) is 0 Å². The van der Waals surface area contributed by atoms with Crippen molar-refractivity contribution in [1.82, 2.24) is 5.43 Å². The standard InChI is InChI=1S/C14H20Cl2N2/c1-2-14(7-3-4-8-14)13(18-17)10-5-6-11(15)12(16)9-10/h5-6,9,13,18H,2-4,7-8,17H2,1H3. The Bertz CT molecular complexity index is 414. The normalized spacial score (nSPS) is 20.0. The average Bonchev–Trinajstić information content (AvgIpc) is 2.84. The van der Waals surface area contributed by atoms with Crippen LogP contribution in [0, 0.1) is 5.41 Å². The van der Waals surface area contributed by atoms with Crippen molar-refractivity contribution in [3.8, 4) is 0 Å². The van der Waals surface area contributed by atoms with Crippen molar-refractivity contribution in [2.24, 2.45) is 11.3 Å². The fraction of sp³-hybridized carbons (Fsp3) is 0.571. The number of rotatable bonds is 4. The first-order chi connectivity index (χ1) is 8.63. The molecule has 4 heteroatoms. The van der Waals surface area contributed by atoms with Crippen molar-refractivity contribution >= 4 is 23.2 Å². The second-order valence-electron chi connectivity index (χ2n) is 5.20. The van der Waals surface area contributed by atoms with Gasteiger partial charge in [0.05, 0.1) is 16.1 Å². The summed E-state index contributed by atoms with van der Waals surface area (Å²) in [5.41, 5.74) is 4.39. The van der Waals surface area contributed by atoms with Crippen LogP contribution in [0.3, 0.4) is 0 Å². The van der Waals surface area contributed by atoms with E-state index in [1.54, 1.807) is 0 Å². The summed E-state index contributed by atoms with van der Waals surface area (Å²) in [6.07, 6.45) is 6.14. The number of hydrazine groups is 1. The molecule has 1 unspecified atom stereocenters. The second-order valence-corrected chi connectivity index (χ2v) is 6.01. The summed E-state index contributed by atoms with van der Waals surface area (Å²) in [5, 5.41) is 1.19. The monoisotopic (exact) mass is 286 g/mol. The lowest BCUT2D eigenvalue weighted by molar-refractivity contribution is 0.188. The number of hydrogen-bond donors (Lipinski definition) is 2. The summed E-state index contributed by atoms with van der Waals surface area (Å²) in [6.45, 7) is 2.24. The predicted molar refractivity (Wildman–Crippen MR) is 77.7 cm³/mol. The lowest BCUT2D eigenvalue weighted by Crippen LogP contribution is -2.40. The van der Waals surface area contributed by atoms with E-state index in [4.69, 9.17) is 29.0 Å².